The lowest BCUT2D eigenvalue weighted by atomic mass is 9.94. The van der Waals surface area contributed by atoms with Gasteiger partial charge in [0.25, 0.3) is 10.0 Å². The van der Waals surface area contributed by atoms with E-state index in [0.29, 0.717) is 33.4 Å². The Morgan fingerprint density at radius 2 is 1.79 bits per heavy atom. The van der Waals surface area contributed by atoms with Gasteiger partial charge in [0.15, 0.2) is 8.68 Å². The molecule has 0 unspecified atom stereocenters. The van der Waals surface area contributed by atoms with E-state index in [9.17, 15) is 8.42 Å². The van der Waals surface area contributed by atoms with Crippen LogP contribution in [0.4, 0.5) is 0 Å². The Morgan fingerprint density at radius 3 is 2.33 bits per heavy atom. The molecule has 5 nitrogen and oxygen atoms in total. The van der Waals surface area contributed by atoms with Gasteiger partial charge >= 0.3 is 0 Å². The number of aryl methyl sites for hydroxylation is 1. The van der Waals surface area contributed by atoms with Gasteiger partial charge in [-0.3, -0.25) is 0 Å². The van der Waals surface area contributed by atoms with Crippen LogP contribution in [0.15, 0.2) is 4.21 Å². The number of hydrogen-bond donors (Lipinski definition) is 0. The molecule has 136 valence electrons. The highest BCUT2D eigenvalue weighted by Gasteiger charge is 2.33. The van der Waals surface area contributed by atoms with Gasteiger partial charge in [-0.2, -0.15) is 4.31 Å². The van der Waals surface area contributed by atoms with Crippen molar-refractivity contribution in [3.05, 3.63) is 10.2 Å². The van der Waals surface area contributed by atoms with Crippen LogP contribution in [0.2, 0.25) is 4.47 Å². The quantitative estimate of drug-likeness (QED) is 0.790. The zero-order chi connectivity index (χ0) is 17.3. The standard InChI is InChI=1S/C16H26ClN3O2S2/c1-12-3-7-19(8-4-12)11-14-5-9-20(10-6-14)24(21,22)15-13(2)18-16(17)23-15/h12,14H,3-11H2,1-2H3. The number of rotatable bonds is 4. The fraction of sp³-hybridized carbons (Fsp3) is 0.812. The van der Waals surface area contributed by atoms with Gasteiger partial charge in [0.05, 0.1) is 5.69 Å². The summed E-state index contributed by atoms with van der Waals surface area (Å²) in [4.78, 5) is 6.60. The van der Waals surface area contributed by atoms with Crippen LogP contribution in [0, 0.1) is 18.8 Å². The molecule has 0 radical (unpaired) electrons. The van der Waals surface area contributed by atoms with Gasteiger partial charge in [0.2, 0.25) is 0 Å². The van der Waals surface area contributed by atoms with Crippen molar-refractivity contribution in [2.24, 2.45) is 11.8 Å². The Kier molecular flexibility index (Phi) is 5.87. The SMILES string of the molecule is Cc1nc(Cl)sc1S(=O)(=O)N1CCC(CN2CCC(C)CC2)CC1. The van der Waals surface area contributed by atoms with Gasteiger partial charge in [0, 0.05) is 19.6 Å². The summed E-state index contributed by atoms with van der Waals surface area (Å²) in [5.41, 5.74) is 0.509. The zero-order valence-corrected chi connectivity index (χ0v) is 16.8. The van der Waals surface area contributed by atoms with E-state index < -0.39 is 10.0 Å². The number of sulfonamides is 1. The maximum atomic E-state index is 12.8. The van der Waals surface area contributed by atoms with Crippen molar-refractivity contribution in [1.29, 1.82) is 0 Å². The summed E-state index contributed by atoms with van der Waals surface area (Å²) in [6.45, 7) is 8.74. The van der Waals surface area contributed by atoms with Crippen LogP contribution in [0.3, 0.4) is 0 Å². The van der Waals surface area contributed by atoms with Crippen molar-refractivity contribution >= 4 is 33.0 Å². The third kappa shape index (κ3) is 4.12. The Morgan fingerprint density at radius 1 is 1.17 bits per heavy atom. The van der Waals surface area contributed by atoms with E-state index in [4.69, 9.17) is 11.6 Å². The molecule has 2 aliphatic heterocycles. The zero-order valence-electron chi connectivity index (χ0n) is 14.4. The van der Waals surface area contributed by atoms with Gasteiger partial charge in [-0.15, -0.1) is 0 Å². The summed E-state index contributed by atoms with van der Waals surface area (Å²) < 4.78 is 27.8. The molecule has 0 bridgehead atoms. The fourth-order valence-corrected chi connectivity index (χ4v) is 6.99. The molecule has 0 aromatic carbocycles. The summed E-state index contributed by atoms with van der Waals surface area (Å²) in [5, 5.41) is 0. The number of thiazole rings is 1. The number of piperidine rings is 2. The number of hydrogen-bond acceptors (Lipinski definition) is 5. The first-order chi connectivity index (χ1) is 11.4. The summed E-state index contributed by atoms with van der Waals surface area (Å²) >= 11 is 6.93. The number of aromatic nitrogens is 1. The summed E-state index contributed by atoms with van der Waals surface area (Å²) in [7, 11) is -3.44. The monoisotopic (exact) mass is 391 g/mol. The number of nitrogens with zero attached hydrogens (tertiary/aromatic N) is 3. The molecule has 24 heavy (non-hydrogen) atoms. The first kappa shape index (κ1) is 18.6. The molecule has 1 aromatic heterocycles. The number of halogens is 1. The summed E-state index contributed by atoms with van der Waals surface area (Å²) in [6, 6.07) is 0. The highest BCUT2D eigenvalue weighted by molar-refractivity contribution is 7.91. The highest BCUT2D eigenvalue weighted by atomic mass is 35.5. The maximum absolute atomic E-state index is 12.8. The second-order valence-electron chi connectivity index (χ2n) is 7.17. The van der Waals surface area contributed by atoms with Gasteiger partial charge in [-0.05, 0) is 57.5 Å². The third-order valence-electron chi connectivity index (χ3n) is 5.27. The van der Waals surface area contributed by atoms with Crippen LogP contribution in [0.1, 0.15) is 38.3 Å². The van der Waals surface area contributed by atoms with E-state index in [2.05, 4.69) is 16.8 Å². The smallest absolute Gasteiger partial charge is 0.254 e. The van der Waals surface area contributed by atoms with E-state index in [1.807, 2.05) is 0 Å². The Hall–Kier alpha value is -0.210. The van der Waals surface area contributed by atoms with E-state index in [1.165, 1.54) is 25.9 Å². The highest BCUT2D eigenvalue weighted by Crippen LogP contribution is 2.32. The third-order valence-corrected chi connectivity index (χ3v) is 9.02. The molecule has 0 atom stereocenters. The maximum Gasteiger partial charge on any atom is 0.254 e. The van der Waals surface area contributed by atoms with Crippen LogP contribution in [-0.4, -0.2) is 55.3 Å². The average Bonchev–Trinajstić information content (AvgIpc) is 2.89. The van der Waals surface area contributed by atoms with Crippen molar-refractivity contribution in [2.75, 3.05) is 32.7 Å². The van der Waals surface area contributed by atoms with E-state index in [0.717, 1.165) is 36.6 Å². The first-order valence-electron chi connectivity index (χ1n) is 8.71. The molecule has 0 N–H and O–H groups in total. The molecule has 2 saturated heterocycles. The average molecular weight is 392 g/mol. The fourth-order valence-electron chi connectivity index (χ4n) is 3.65. The van der Waals surface area contributed by atoms with Crippen LogP contribution < -0.4 is 0 Å². The van der Waals surface area contributed by atoms with E-state index in [-0.39, 0.29) is 0 Å². The Balaban J connectivity index is 1.56. The van der Waals surface area contributed by atoms with Crippen molar-refractivity contribution in [3.8, 4) is 0 Å². The minimum absolute atomic E-state index is 0.292. The molecule has 3 heterocycles. The van der Waals surface area contributed by atoms with E-state index >= 15 is 0 Å². The predicted molar refractivity (Wildman–Crippen MR) is 98.2 cm³/mol. The van der Waals surface area contributed by atoms with Gasteiger partial charge < -0.3 is 4.90 Å². The van der Waals surface area contributed by atoms with Gasteiger partial charge in [-0.25, -0.2) is 13.4 Å². The van der Waals surface area contributed by atoms with Crippen molar-refractivity contribution in [3.63, 3.8) is 0 Å². The van der Waals surface area contributed by atoms with Crippen LogP contribution in [-0.2, 0) is 10.0 Å². The normalized spacial score (nSPS) is 23.0. The minimum Gasteiger partial charge on any atom is -0.303 e. The molecule has 3 rings (SSSR count). The minimum atomic E-state index is -3.44. The van der Waals surface area contributed by atoms with Crippen molar-refractivity contribution in [2.45, 2.75) is 43.7 Å². The van der Waals surface area contributed by atoms with Crippen molar-refractivity contribution < 1.29 is 8.42 Å². The molecule has 0 aliphatic carbocycles. The predicted octanol–water partition coefficient (Wildman–Crippen LogP) is 3.24. The van der Waals surface area contributed by atoms with Crippen LogP contribution in [0.25, 0.3) is 0 Å². The largest absolute Gasteiger partial charge is 0.303 e. The lowest BCUT2D eigenvalue weighted by Crippen LogP contribution is -2.43. The second-order valence-corrected chi connectivity index (χ2v) is 10.9. The van der Waals surface area contributed by atoms with Crippen LogP contribution in [0.5, 0.6) is 0 Å². The Labute approximate surface area is 154 Å². The Bertz CT molecular complexity index is 661. The lowest BCUT2D eigenvalue weighted by molar-refractivity contribution is 0.142. The molecule has 0 amide bonds. The summed E-state index contributed by atoms with van der Waals surface area (Å²) in [5.74, 6) is 1.46. The number of likely N-dealkylation sites (tertiary alicyclic amines) is 1. The summed E-state index contributed by atoms with van der Waals surface area (Å²) in [6.07, 6.45) is 4.46. The molecule has 1 aromatic rings. The van der Waals surface area contributed by atoms with Gasteiger partial charge in [0.1, 0.15) is 0 Å². The van der Waals surface area contributed by atoms with Crippen LogP contribution >= 0.6 is 22.9 Å². The molecule has 2 aliphatic rings. The second kappa shape index (κ2) is 7.58. The molecular formula is C16H26ClN3O2S2. The molecule has 8 heteroatoms. The molecular weight excluding hydrogens is 366 g/mol. The lowest BCUT2D eigenvalue weighted by Gasteiger charge is -2.36. The molecule has 0 saturated carbocycles. The molecule has 2 fully saturated rings. The van der Waals surface area contributed by atoms with Crippen molar-refractivity contribution in [1.82, 2.24) is 14.2 Å². The first-order valence-corrected chi connectivity index (χ1v) is 11.3. The van der Waals surface area contributed by atoms with Gasteiger partial charge in [-0.1, -0.05) is 29.9 Å². The topological polar surface area (TPSA) is 53.5 Å². The molecule has 0 spiro atoms. The van der Waals surface area contributed by atoms with E-state index in [1.54, 1.807) is 11.2 Å².